The highest BCUT2D eigenvalue weighted by Gasteiger charge is 2.25. The number of ether oxygens (including phenoxy) is 13. The molecule has 0 aliphatic rings. The maximum Gasteiger partial charge on any atom is 0.119 e. The lowest BCUT2D eigenvalue weighted by atomic mass is 9.84. The molecule has 0 spiro atoms. The van der Waals surface area contributed by atoms with Gasteiger partial charge >= 0.3 is 0 Å². The molecule has 1 aromatic rings. The van der Waals surface area contributed by atoms with Crippen molar-refractivity contribution in [2.75, 3.05) is 159 Å². The third-order valence-electron chi connectivity index (χ3n) is 6.64. The van der Waals surface area contributed by atoms with Crippen molar-refractivity contribution in [3.8, 4) is 5.75 Å². The van der Waals surface area contributed by atoms with E-state index in [2.05, 4.69) is 34.6 Å². The van der Waals surface area contributed by atoms with Crippen molar-refractivity contribution in [3.05, 3.63) is 30.3 Å². The van der Waals surface area contributed by atoms with Crippen LogP contribution in [-0.2, 0) is 56.8 Å². The van der Waals surface area contributed by atoms with Gasteiger partial charge in [-0.3, -0.25) is 0 Å². The van der Waals surface area contributed by atoms with Crippen molar-refractivity contribution >= 4 is 0 Å². The Hall–Kier alpha value is -1.46. The van der Waals surface area contributed by atoms with E-state index in [1.54, 1.807) is 0 Å². The summed E-state index contributed by atoms with van der Waals surface area (Å²) in [6, 6.07) is 9.68. The first-order valence-electron chi connectivity index (χ1n) is 18.5. The molecule has 0 N–H and O–H groups in total. The smallest absolute Gasteiger partial charge is 0.119 e. The Morgan fingerprint density at radius 2 is 0.588 bits per heavy atom. The molecule has 0 unspecified atom stereocenters. The normalized spacial score (nSPS) is 12.2. The molecule has 13 heteroatoms. The van der Waals surface area contributed by atoms with Crippen LogP contribution in [0.25, 0.3) is 0 Å². The van der Waals surface area contributed by atoms with Crippen LogP contribution in [0.2, 0.25) is 0 Å². The van der Waals surface area contributed by atoms with Crippen LogP contribution in [0, 0.1) is 5.41 Å². The first kappa shape index (κ1) is 47.6. The zero-order chi connectivity index (χ0) is 37.0. The molecule has 0 aliphatic heterocycles. The minimum atomic E-state index is -0.149. The van der Waals surface area contributed by atoms with Gasteiger partial charge in [-0.25, -0.2) is 0 Å². The maximum absolute atomic E-state index is 5.96. The molecule has 0 atom stereocenters. The number of benzene rings is 1. The second-order valence-corrected chi connectivity index (χ2v) is 13.2. The summed E-state index contributed by atoms with van der Waals surface area (Å²) in [6.45, 7) is 23.5. The van der Waals surface area contributed by atoms with Gasteiger partial charge in [0.2, 0.25) is 0 Å². The first-order chi connectivity index (χ1) is 24.8. The van der Waals surface area contributed by atoms with Crippen LogP contribution < -0.4 is 4.74 Å². The lowest BCUT2D eigenvalue weighted by molar-refractivity contribution is -0.0704. The molecule has 0 saturated heterocycles. The van der Waals surface area contributed by atoms with Crippen molar-refractivity contribution in [1.29, 1.82) is 0 Å². The molecule has 0 aromatic heterocycles. The van der Waals surface area contributed by atoms with Crippen LogP contribution in [0.15, 0.2) is 30.3 Å². The Kier molecular flexibility index (Phi) is 32.0. The molecule has 0 aliphatic carbocycles. The molecule has 13 nitrogen and oxygen atoms in total. The maximum atomic E-state index is 5.96. The van der Waals surface area contributed by atoms with Gasteiger partial charge in [0, 0.05) is 0 Å². The Morgan fingerprint density at radius 1 is 0.333 bits per heavy atom. The predicted octanol–water partition coefficient (Wildman–Crippen LogP) is 4.48. The highest BCUT2D eigenvalue weighted by Crippen LogP contribution is 2.29. The van der Waals surface area contributed by atoms with E-state index in [9.17, 15) is 0 Å². The van der Waals surface area contributed by atoms with E-state index >= 15 is 0 Å². The molecule has 0 fully saturated rings. The Morgan fingerprint density at radius 3 is 0.863 bits per heavy atom. The summed E-state index contributed by atoms with van der Waals surface area (Å²) in [5, 5.41) is 0. The second-order valence-electron chi connectivity index (χ2n) is 13.2. The van der Waals surface area contributed by atoms with Gasteiger partial charge in [0.25, 0.3) is 0 Å². The van der Waals surface area contributed by atoms with Crippen LogP contribution in [0.5, 0.6) is 5.75 Å². The topological polar surface area (TPSA) is 120 Å². The zero-order valence-electron chi connectivity index (χ0n) is 32.4. The van der Waals surface area contributed by atoms with Crippen molar-refractivity contribution in [1.82, 2.24) is 0 Å². The zero-order valence-corrected chi connectivity index (χ0v) is 32.4. The van der Waals surface area contributed by atoms with Gasteiger partial charge < -0.3 is 61.6 Å². The van der Waals surface area contributed by atoms with Gasteiger partial charge in [0.15, 0.2) is 0 Å². The molecule has 0 amide bonds. The van der Waals surface area contributed by atoms with E-state index in [4.69, 9.17) is 61.6 Å². The fourth-order valence-corrected chi connectivity index (χ4v) is 4.74. The van der Waals surface area contributed by atoms with Gasteiger partial charge in [-0.2, -0.15) is 0 Å². The van der Waals surface area contributed by atoms with Crippen molar-refractivity contribution < 1.29 is 61.6 Å². The van der Waals surface area contributed by atoms with Gasteiger partial charge in [-0.1, -0.05) is 39.0 Å². The SMILES string of the molecule is CC(C)(C)CC(C)(C)OCCOCCOCCOCCOCCOCCOCCOCCOCCOCCOCCOCCOc1ccccc1. The van der Waals surface area contributed by atoms with Crippen LogP contribution in [0.3, 0.4) is 0 Å². The summed E-state index contributed by atoms with van der Waals surface area (Å²) < 4.78 is 72.1. The third kappa shape index (κ3) is 36.7. The third-order valence-corrected chi connectivity index (χ3v) is 6.64. The first-order valence-corrected chi connectivity index (χ1v) is 18.5. The molecule has 1 aromatic carbocycles. The van der Waals surface area contributed by atoms with E-state index in [0.717, 1.165) is 12.2 Å². The van der Waals surface area contributed by atoms with Crippen LogP contribution in [-0.4, -0.2) is 164 Å². The highest BCUT2D eigenvalue weighted by atomic mass is 16.6. The Bertz CT molecular complexity index is 839. The predicted molar refractivity (Wildman–Crippen MR) is 195 cm³/mol. The van der Waals surface area contributed by atoms with Crippen LogP contribution in [0.4, 0.5) is 0 Å². The molecular formula is C38H70O13. The minimum Gasteiger partial charge on any atom is -0.491 e. The van der Waals surface area contributed by atoms with Gasteiger partial charge in [0.05, 0.1) is 158 Å². The minimum absolute atomic E-state index is 0.149. The van der Waals surface area contributed by atoms with Crippen molar-refractivity contribution in [2.24, 2.45) is 5.41 Å². The van der Waals surface area contributed by atoms with E-state index < -0.39 is 0 Å². The number of para-hydroxylation sites is 1. The second kappa shape index (κ2) is 34.3. The van der Waals surface area contributed by atoms with Crippen LogP contribution in [0.1, 0.15) is 41.0 Å². The number of hydrogen-bond acceptors (Lipinski definition) is 13. The number of hydrogen-bond donors (Lipinski definition) is 0. The summed E-state index contributed by atoms with van der Waals surface area (Å²) in [7, 11) is 0. The van der Waals surface area contributed by atoms with E-state index in [1.165, 1.54) is 0 Å². The monoisotopic (exact) mass is 734 g/mol. The van der Waals surface area contributed by atoms with Gasteiger partial charge in [-0.15, -0.1) is 0 Å². The summed E-state index contributed by atoms with van der Waals surface area (Å²) in [5.74, 6) is 0.844. The number of rotatable bonds is 39. The van der Waals surface area contributed by atoms with E-state index in [-0.39, 0.29) is 11.0 Å². The molecule has 0 bridgehead atoms. The molecule has 0 heterocycles. The lowest BCUT2D eigenvalue weighted by Gasteiger charge is -2.32. The Balaban J connectivity index is 1.64. The van der Waals surface area contributed by atoms with Crippen molar-refractivity contribution in [2.45, 2.75) is 46.6 Å². The highest BCUT2D eigenvalue weighted by molar-refractivity contribution is 5.20. The average Bonchev–Trinajstić information content (AvgIpc) is 3.09. The molecule has 1 rings (SSSR count). The summed E-state index contributed by atoms with van der Waals surface area (Å²) in [4.78, 5) is 0. The van der Waals surface area contributed by atoms with Crippen molar-refractivity contribution in [3.63, 3.8) is 0 Å². The van der Waals surface area contributed by atoms with E-state index in [1.807, 2.05) is 30.3 Å². The standard InChI is InChI=1S/C38H70O13/c1-37(2,3)35-38(4,5)51-34-32-49-30-28-47-26-24-45-22-20-43-18-16-41-14-12-39-11-13-40-15-17-42-19-21-44-23-25-46-27-29-48-31-33-50-36-9-7-6-8-10-36/h6-10H,11-35H2,1-5H3. The van der Waals surface area contributed by atoms with Gasteiger partial charge in [0.1, 0.15) is 12.4 Å². The molecule has 51 heavy (non-hydrogen) atoms. The largest absolute Gasteiger partial charge is 0.491 e. The molecular weight excluding hydrogens is 664 g/mol. The fourth-order valence-electron chi connectivity index (χ4n) is 4.74. The summed E-state index contributed by atoms with van der Waals surface area (Å²) in [6.07, 6.45) is 0.997. The molecule has 0 radical (unpaired) electrons. The lowest BCUT2D eigenvalue weighted by Crippen LogP contribution is -2.31. The Labute approximate surface area is 308 Å². The quantitative estimate of drug-likeness (QED) is 0.0886. The average molecular weight is 735 g/mol. The van der Waals surface area contributed by atoms with E-state index in [0.29, 0.717) is 159 Å². The van der Waals surface area contributed by atoms with Crippen LogP contribution >= 0.6 is 0 Å². The fraction of sp³-hybridized carbons (Fsp3) is 0.842. The van der Waals surface area contributed by atoms with Gasteiger partial charge in [-0.05, 0) is 37.8 Å². The molecule has 0 saturated carbocycles. The summed E-state index contributed by atoms with van der Waals surface area (Å²) in [5.41, 5.74) is 0.0874. The summed E-state index contributed by atoms with van der Waals surface area (Å²) >= 11 is 0. The molecule has 300 valence electrons.